The zero-order valence-corrected chi connectivity index (χ0v) is 7.48. The second-order valence-electron chi connectivity index (χ2n) is 3.04. The molecule has 0 radical (unpaired) electrons. The number of nitrogens with zero attached hydrogens (tertiary/aromatic N) is 2. The van der Waals surface area contributed by atoms with Crippen LogP contribution in [0.25, 0.3) is 0 Å². The molecule has 0 aliphatic rings. The highest BCUT2D eigenvalue weighted by atomic mass is 16.4. The Morgan fingerprint density at radius 2 is 2.25 bits per heavy atom. The zero-order chi connectivity index (χ0) is 9.30. The van der Waals surface area contributed by atoms with Crippen molar-refractivity contribution in [2.45, 2.75) is 19.9 Å². The van der Waals surface area contributed by atoms with Crippen LogP contribution in [0.4, 0.5) is 0 Å². The van der Waals surface area contributed by atoms with Crippen LogP contribution in [0.1, 0.15) is 30.5 Å². The maximum atomic E-state index is 10.8. The van der Waals surface area contributed by atoms with Gasteiger partial charge in [-0.15, -0.1) is 0 Å². The summed E-state index contributed by atoms with van der Waals surface area (Å²) >= 11 is 0. The van der Waals surface area contributed by atoms with E-state index >= 15 is 0 Å². The van der Waals surface area contributed by atoms with Crippen molar-refractivity contribution < 1.29 is 14.5 Å². The van der Waals surface area contributed by atoms with Gasteiger partial charge >= 0.3 is 11.8 Å². The maximum Gasteiger partial charge on any atom is 0.419 e. The van der Waals surface area contributed by atoms with Crippen LogP contribution in [0, 0.1) is 0 Å². The number of rotatable bonds is 2. The largest absolute Gasteiger partial charge is 0.472 e. The molecule has 1 aromatic heterocycles. The van der Waals surface area contributed by atoms with Gasteiger partial charge in [0.1, 0.15) is 12.4 Å². The fourth-order valence-corrected chi connectivity index (χ4v) is 1.17. The minimum absolute atomic E-state index is 0.178. The van der Waals surface area contributed by atoms with Crippen molar-refractivity contribution in [3.8, 4) is 0 Å². The third kappa shape index (κ3) is 1.32. The fourth-order valence-electron chi connectivity index (χ4n) is 1.17. The molecular weight excluding hydrogens is 156 g/mol. The van der Waals surface area contributed by atoms with Crippen LogP contribution in [0.2, 0.25) is 0 Å². The Balaban J connectivity index is 3.21. The number of aryl methyl sites for hydroxylation is 1. The first-order valence-corrected chi connectivity index (χ1v) is 3.83. The summed E-state index contributed by atoms with van der Waals surface area (Å²) in [5, 5.41) is 8.84. The second kappa shape index (κ2) is 2.97. The molecule has 12 heavy (non-hydrogen) atoms. The summed E-state index contributed by atoms with van der Waals surface area (Å²) in [5.74, 6) is -0.582. The lowest BCUT2D eigenvalue weighted by Crippen LogP contribution is -2.35. The topological polar surface area (TPSA) is 46.1 Å². The molecular formula is C8H13N2O2+. The summed E-state index contributed by atoms with van der Waals surface area (Å²) in [5.41, 5.74) is 0. The Morgan fingerprint density at radius 1 is 1.67 bits per heavy atom. The van der Waals surface area contributed by atoms with Crippen molar-refractivity contribution >= 4 is 5.97 Å². The lowest BCUT2D eigenvalue weighted by Gasteiger charge is -2.01. The number of imidazole rings is 1. The average Bonchev–Trinajstić information content (AvgIpc) is 2.30. The molecule has 0 aromatic carbocycles. The van der Waals surface area contributed by atoms with E-state index in [0.717, 1.165) is 0 Å². The van der Waals surface area contributed by atoms with Gasteiger partial charge in [-0.1, -0.05) is 0 Å². The maximum absolute atomic E-state index is 10.8. The normalized spacial score (nSPS) is 10.7. The lowest BCUT2D eigenvalue weighted by atomic mass is 10.4. The minimum atomic E-state index is -0.892. The van der Waals surface area contributed by atoms with Crippen LogP contribution in [0.15, 0.2) is 12.4 Å². The van der Waals surface area contributed by atoms with Gasteiger partial charge in [-0.2, -0.15) is 0 Å². The highest BCUT2D eigenvalue weighted by Crippen LogP contribution is 2.05. The zero-order valence-electron chi connectivity index (χ0n) is 7.48. The van der Waals surface area contributed by atoms with E-state index in [9.17, 15) is 4.79 Å². The Labute approximate surface area is 71.1 Å². The predicted molar refractivity (Wildman–Crippen MR) is 43.0 cm³/mol. The molecule has 1 rings (SSSR count). The Hall–Kier alpha value is -1.32. The Kier molecular flexibility index (Phi) is 2.17. The Morgan fingerprint density at radius 3 is 2.58 bits per heavy atom. The van der Waals surface area contributed by atoms with Crippen molar-refractivity contribution in [3.05, 3.63) is 18.2 Å². The molecule has 4 heteroatoms. The summed E-state index contributed by atoms with van der Waals surface area (Å²) in [6.07, 6.45) is 3.51. The molecule has 0 fully saturated rings. The van der Waals surface area contributed by atoms with E-state index in [0.29, 0.717) is 5.82 Å². The highest BCUT2D eigenvalue weighted by molar-refractivity contribution is 5.81. The molecule has 1 heterocycles. The lowest BCUT2D eigenvalue weighted by molar-refractivity contribution is -0.673. The molecule has 4 nitrogen and oxygen atoms in total. The number of carboxylic acids is 1. The van der Waals surface area contributed by atoms with Gasteiger partial charge in [0.15, 0.2) is 0 Å². The third-order valence-electron chi connectivity index (χ3n) is 1.78. The molecule has 0 spiro atoms. The smallest absolute Gasteiger partial charge is 0.419 e. The van der Waals surface area contributed by atoms with E-state index in [1.807, 2.05) is 13.8 Å². The van der Waals surface area contributed by atoms with E-state index < -0.39 is 5.97 Å². The van der Waals surface area contributed by atoms with E-state index in [-0.39, 0.29) is 6.04 Å². The average molecular weight is 169 g/mol. The van der Waals surface area contributed by atoms with Crippen LogP contribution in [-0.2, 0) is 7.05 Å². The summed E-state index contributed by atoms with van der Waals surface area (Å²) in [6, 6.07) is 0.178. The van der Waals surface area contributed by atoms with Crippen molar-refractivity contribution in [2.75, 3.05) is 0 Å². The molecule has 1 N–H and O–H groups in total. The second-order valence-corrected chi connectivity index (χ2v) is 3.04. The predicted octanol–water partition coefficient (Wildman–Crippen LogP) is 0.592. The first kappa shape index (κ1) is 8.77. The van der Waals surface area contributed by atoms with Crippen LogP contribution in [-0.4, -0.2) is 15.6 Å². The number of carbonyl (C=O) groups is 1. The standard InChI is InChI=1S/C8H12N2O2/c1-6(2)10-5-4-9(3)7(10)8(11)12/h4-6H,1-3H3/p+1. The van der Waals surface area contributed by atoms with Crippen molar-refractivity contribution in [3.63, 3.8) is 0 Å². The summed E-state index contributed by atoms with van der Waals surface area (Å²) < 4.78 is 3.32. The first-order valence-electron chi connectivity index (χ1n) is 3.83. The monoisotopic (exact) mass is 169 g/mol. The summed E-state index contributed by atoms with van der Waals surface area (Å²) in [6.45, 7) is 3.90. The minimum Gasteiger partial charge on any atom is -0.472 e. The third-order valence-corrected chi connectivity index (χ3v) is 1.78. The van der Waals surface area contributed by atoms with Gasteiger partial charge in [0.2, 0.25) is 0 Å². The van der Waals surface area contributed by atoms with Crippen molar-refractivity contribution in [2.24, 2.45) is 7.05 Å². The Bertz CT molecular complexity index is 302. The molecule has 0 atom stereocenters. The quantitative estimate of drug-likeness (QED) is 0.659. The van der Waals surface area contributed by atoms with Crippen LogP contribution in [0.5, 0.6) is 0 Å². The fraction of sp³-hybridized carbons (Fsp3) is 0.500. The summed E-state index contributed by atoms with van der Waals surface area (Å²) in [4.78, 5) is 10.8. The van der Waals surface area contributed by atoms with Gasteiger partial charge in [-0.05, 0) is 13.8 Å². The number of hydrogen-bond donors (Lipinski definition) is 1. The van der Waals surface area contributed by atoms with Crippen LogP contribution >= 0.6 is 0 Å². The molecule has 0 saturated heterocycles. The molecule has 0 saturated carbocycles. The highest BCUT2D eigenvalue weighted by Gasteiger charge is 2.23. The van der Waals surface area contributed by atoms with Gasteiger partial charge < -0.3 is 5.11 Å². The van der Waals surface area contributed by atoms with Gasteiger partial charge in [-0.3, -0.25) is 0 Å². The van der Waals surface area contributed by atoms with E-state index in [1.54, 1.807) is 28.6 Å². The molecule has 0 bridgehead atoms. The van der Waals surface area contributed by atoms with Crippen molar-refractivity contribution in [1.82, 2.24) is 4.57 Å². The molecule has 1 aromatic rings. The van der Waals surface area contributed by atoms with Gasteiger partial charge in [0.25, 0.3) is 0 Å². The van der Waals surface area contributed by atoms with E-state index in [1.165, 1.54) is 0 Å². The molecule has 0 unspecified atom stereocenters. The first-order chi connectivity index (χ1) is 5.54. The van der Waals surface area contributed by atoms with Crippen LogP contribution in [0.3, 0.4) is 0 Å². The molecule has 0 aliphatic carbocycles. The van der Waals surface area contributed by atoms with E-state index in [2.05, 4.69) is 0 Å². The number of aromatic nitrogens is 2. The molecule has 0 aliphatic heterocycles. The molecule has 0 amide bonds. The van der Waals surface area contributed by atoms with Crippen LogP contribution < -0.4 is 4.57 Å². The van der Waals surface area contributed by atoms with Gasteiger partial charge in [-0.25, -0.2) is 13.9 Å². The molecule has 66 valence electrons. The number of aromatic carboxylic acids is 1. The summed E-state index contributed by atoms with van der Waals surface area (Å²) in [7, 11) is 1.72. The SMILES string of the molecule is CC(C)n1cc[n+](C)c1C(=O)O. The van der Waals surface area contributed by atoms with E-state index in [4.69, 9.17) is 5.11 Å². The van der Waals surface area contributed by atoms with Gasteiger partial charge in [0.05, 0.1) is 13.1 Å². The van der Waals surface area contributed by atoms with Crippen molar-refractivity contribution in [1.29, 1.82) is 0 Å². The number of carboxylic acid groups (broad SMARTS) is 1. The van der Waals surface area contributed by atoms with Gasteiger partial charge in [0, 0.05) is 0 Å². The number of hydrogen-bond acceptors (Lipinski definition) is 1.